The van der Waals surface area contributed by atoms with Gasteiger partial charge in [0.2, 0.25) is 0 Å². The van der Waals surface area contributed by atoms with E-state index in [9.17, 15) is 19.7 Å². The number of hydrogen-bond donors (Lipinski definition) is 5. The zero-order valence-corrected chi connectivity index (χ0v) is 11.0. The topological polar surface area (TPSA) is 102 Å². The fraction of sp³-hybridized carbons (Fsp3) is 0.500. The summed E-state index contributed by atoms with van der Waals surface area (Å²) in [5.74, 6) is -0.592. The molecule has 0 amide bonds. The lowest BCUT2D eigenvalue weighted by molar-refractivity contribution is -0.221. The van der Waals surface area contributed by atoms with E-state index in [1.165, 1.54) is 12.1 Å². The third-order valence-electron chi connectivity index (χ3n) is 3.12. The summed E-state index contributed by atoms with van der Waals surface area (Å²) in [6, 6.07) is 3.80. The van der Waals surface area contributed by atoms with Gasteiger partial charge in [-0.05, 0) is 18.2 Å². The van der Waals surface area contributed by atoms with Gasteiger partial charge >= 0.3 is 0 Å². The first kappa shape index (κ1) is 15.4. The van der Waals surface area contributed by atoms with Crippen LogP contribution in [0.5, 0.6) is 0 Å². The van der Waals surface area contributed by atoms with Crippen molar-refractivity contribution in [2.45, 2.75) is 30.6 Å². The second kappa shape index (κ2) is 6.21. The third-order valence-corrected chi connectivity index (χ3v) is 3.41. The Bertz CT molecular complexity index is 475. The van der Waals surface area contributed by atoms with Crippen molar-refractivity contribution in [3.05, 3.63) is 29.0 Å². The van der Waals surface area contributed by atoms with Gasteiger partial charge in [-0.3, -0.25) is 0 Å². The molecule has 20 heavy (non-hydrogen) atoms. The lowest BCUT2D eigenvalue weighted by atomic mass is 9.98. The van der Waals surface area contributed by atoms with E-state index in [2.05, 4.69) is 5.32 Å². The summed E-state index contributed by atoms with van der Waals surface area (Å²) in [4.78, 5) is 0. The van der Waals surface area contributed by atoms with E-state index in [0.717, 1.165) is 6.07 Å². The molecule has 5 atom stereocenters. The van der Waals surface area contributed by atoms with Gasteiger partial charge in [-0.25, -0.2) is 4.39 Å². The quantitative estimate of drug-likeness (QED) is 0.525. The van der Waals surface area contributed by atoms with Crippen molar-refractivity contribution >= 4 is 17.3 Å². The summed E-state index contributed by atoms with van der Waals surface area (Å²) < 4.78 is 18.3. The van der Waals surface area contributed by atoms with Crippen molar-refractivity contribution in [2.24, 2.45) is 0 Å². The average Bonchev–Trinajstić information content (AvgIpc) is 2.43. The number of nitrogens with one attached hydrogen (secondary N) is 1. The Hall–Kier alpha value is -0.960. The van der Waals surface area contributed by atoms with Gasteiger partial charge in [0, 0.05) is 5.69 Å². The molecule has 1 aliphatic rings. The van der Waals surface area contributed by atoms with E-state index in [1.807, 2.05) is 0 Å². The normalized spacial score (nSPS) is 34.0. The predicted octanol–water partition coefficient (Wildman–Crippen LogP) is -0.309. The van der Waals surface area contributed by atoms with Crippen LogP contribution in [0.4, 0.5) is 10.1 Å². The van der Waals surface area contributed by atoms with Crippen LogP contribution in [-0.2, 0) is 4.74 Å². The first-order chi connectivity index (χ1) is 9.43. The molecule has 0 spiro atoms. The van der Waals surface area contributed by atoms with Crippen LogP contribution in [0.15, 0.2) is 18.2 Å². The van der Waals surface area contributed by atoms with E-state index in [4.69, 9.17) is 21.4 Å². The van der Waals surface area contributed by atoms with Gasteiger partial charge in [-0.2, -0.15) is 0 Å². The second-order valence-corrected chi connectivity index (χ2v) is 4.93. The molecule has 1 heterocycles. The molecule has 1 aliphatic heterocycles. The molecule has 1 fully saturated rings. The highest BCUT2D eigenvalue weighted by Gasteiger charge is 2.43. The zero-order chi connectivity index (χ0) is 14.9. The van der Waals surface area contributed by atoms with E-state index in [0.29, 0.717) is 5.69 Å². The molecule has 0 unspecified atom stereocenters. The highest BCUT2D eigenvalue weighted by atomic mass is 35.5. The number of halogens is 2. The lowest BCUT2D eigenvalue weighted by Crippen LogP contribution is -2.60. The molecule has 2 rings (SSSR count). The largest absolute Gasteiger partial charge is 0.394 e. The molecular weight excluding hydrogens is 293 g/mol. The maximum absolute atomic E-state index is 13.0. The Balaban J connectivity index is 2.13. The van der Waals surface area contributed by atoms with Crippen molar-refractivity contribution in [3.63, 3.8) is 0 Å². The molecule has 1 saturated heterocycles. The van der Waals surface area contributed by atoms with Gasteiger partial charge in [0.05, 0.1) is 11.6 Å². The number of hydrogen-bond acceptors (Lipinski definition) is 6. The molecule has 6 nitrogen and oxygen atoms in total. The van der Waals surface area contributed by atoms with Crippen LogP contribution in [0.2, 0.25) is 5.02 Å². The number of rotatable bonds is 3. The second-order valence-electron chi connectivity index (χ2n) is 4.52. The number of aliphatic hydroxyl groups excluding tert-OH is 4. The van der Waals surface area contributed by atoms with Gasteiger partial charge in [0.15, 0.2) is 6.23 Å². The van der Waals surface area contributed by atoms with Crippen LogP contribution in [0.1, 0.15) is 0 Å². The van der Waals surface area contributed by atoms with Crippen molar-refractivity contribution < 1.29 is 29.6 Å². The van der Waals surface area contributed by atoms with Crippen molar-refractivity contribution in [2.75, 3.05) is 11.9 Å². The summed E-state index contributed by atoms with van der Waals surface area (Å²) in [6.07, 6.45) is -6.41. The number of anilines is 1. The minimum absolute atomic E-state index is 0.111. The predicted molar refractivity (Wildman–Crippen MR) is 68.8 cm³/mol. The number of ether oxygens (including phenoxy) is 1. The maximum atomic E-state index is 13.0. The van der Waals surface area contributed by atoms with E-state index < -0.39 is 43.1 Å². The molecule has 8 heteroatoms. The van der Waals surface area contributed by atoms with E-state index in [1.54, 1.807) is 0 Å². The first-order valence-corrected chi connectivity index (χ1v) is 6.34. The third kappa shape index (κ3) is 3.03. The highest BCUT2D eigenvalue weighted by molar-refractivity contribution is 6.31. The van der Waals surface area contributed by atoms with Crippen LogP contribution in [0.25, 0.3) is 0 Å². The summed E-state index contributed by atoms with van der Waals surface area (Å²) in [6.45, 7) is -0.521. The van der Waals surface area contributed by atoms with Crippen LogP contribution < -0.4 is 5.32 Å². The molecule has 1 aromatic carbocycles. The fourth-order valence-electron chi connectivity index (χ4n) is 1.97. The van der Waals surface area contributed by atoms with Gasteiger partial charge < -0.3 is 30.5 Å². The molecule has 0 aliphatic carbocycles. The molecule has 1 aromatic rings. The van der Waals surface area contributed by atoms with Crippen LogP contribution in [-0.4, -0.2) is 57.7 Å². The highest BCUT2D eigenvalue weighted by Crippen LogP contribution is 2.25. The molecule has 0 saturated carbocycles. The first-order valence-electron chi connectivity index (χ1n) is 5.96. The fourth-order valence-corrected chi connectivity index (χ4v) is 2.15. The van der Waals surface area contributed by atoms with Gasteiger partial charge in [0.25, 0.3) is 0 Å². The summed E-state index contributed by atoms with van der Waals surface area (Å²) in [5.41, 5.74) is 0.362. The van der Waals surface area contributed by atoms with Crippen molar-refractivity contribution in [1.82, 2.24) is 0 Å². The number of aliphatic hydroxyl groups is 4. The minimum Gasteiger partial charge on any atom is -0.394 e. The Morgan fingerprint density at radius 1 is 1.20 bits per heavy atom. The average molecular weight is 308 g/mol. The Kier molecular flexibility index (Phi) is 4.79. The molecular formula is C12H15ClFNO5. The Morgan fingerprint density at radius 3 is 2.50 bits per heavy atom. The van der Waals surface area contributed by atoms with Gasteiger partial charge in [-0.1, -0.05) is 11.6 Å². The summed E-state index contributed by atoms with van der Waals surface area (Å²) in [7, 11) is 0. The Morgan fingerprint density at radius 2 is 1.90 bits per heavy atom. The summed E-state index contributed by atoms with van der Waals surface area (Å²) >= 11 is 5.63. The maximum Gasteiger partial charge on any atom is 0.157 e. The smallest absolute Gasteiger partial charge is 0.157 e. The van der Waals surface area contributed by atoms with Crippen molar-refractivity contribution in [1.29, 1.82) is 0 Å². The zero-order valence-electron chi connectivity index (χ0n) is 10.3. The molecule has 5 N–H and O–H groups in total. The molecule has 0 radical (unpaired) electrons. The van der Waals surface area contributed by atoms with E-state index >= 15 is 0 Å². The molecule has 112 valence electrons. The van der Waals surface area contributed by atoms with E-state index in [-0.39, 0.29) is 5.02 Å². The van der Waals surface area contributed by atoms with Crippen LogP contribution >= 0.6 is 11.6 Å². The number of benzene rings is 1. The van der Waals surface area contributed by atoms with Crippen LogP contribution in [0.3, 0.4) is 0 Å². The van der Waals surface area contributed by atoms with Crippen LogP contribution in [0, 0.1) is 5.82 Å². The lowest BCUT2D eigenvalue weighted by Gasteiger charge is -2.40. The van der Waals surface area contributed by atoms with Crippen molar-refractivity contribution in [3.8, 4) is 0 Å². The summed E-state index contributed by atoms with van der Waals surface area (Å²) in [5, 5.41) is 40.7. The molecule has 0 bridgehead atoms. The minimum atomic E-state index is -1.48. The molecule has 0 aromatic heterocycles. The SMILES string of the molecule is OC[C@H]1O[C@@H](Nc2ccc(F)c(Cl)c2)[C@H](O)[C@@H](O)[C@H]1O. The standard InChI is InChI=1S/C12H15ClFNO5/c13-6-3-5(1-2-7(6)14)15-12-11(19)10(18)9(17)8(4-16)20-12/h1-3,8-12,15-19H,4H2/t8-,9+,10+,11-,12-/m1/s1. The monoisotopic (exact) mass is 307 g/mol. The van der Waals surface area contributed by atoms with Gasteiger partial charge in [-0.15, -0.1) is 0 Å². The van der Waals surface area contributed by atoms with Gasteiger partial charge in [0.1, 0.15) is 30.2 Å². The Labute approximate surface area is 119 Å².